The summed E-state index contributed by atoms with van der Waals surface area (Å²) < 4.78 is 41.2. The maximum Gasteiger partial charge on any atom is 0.246 e. The molecule has 1 aromatic heterocycles. The predicted octanol–water partition coefficient (Wildman–Crippen LogP) is 3.71. The van der Waals surface area contributed by atoms with Crippen molar-refractivity contribution in [2.24, 2.45) is 0 Å². The molecule has 0 spiro atoms. The number of hydrogen-bond donors (Lipinski definition) is 1. The highest BCUT2D eigenvalue weighted by Crippen LogP contribution is 2.32. The molecule has 0 saturated carbocycles. The summed E-state index contributed by atoms with van der Waals surface area (Å²) in [6.45, 7) is 0.516. The molecule has 0 fully saturated rings. The van der Waals surface area contributed by atoms with Gasteiger partial charge in [0.1, 0.15) is 4.90 Å². The molecule has 0 bridgehead atoms. The van der Waals surface area contributed by atoms with E-state index in [1.54, 1.807) is 0 Å². The number of sulfonamides is 1. The molecule has 3 aromatic rings. The lowest BCUT2D eigenvalue weighted by molar-refractivity contribution is 0.388. The maximum atomic E-state index is 14.2. The molecular formula is C17H14ClFN2O2S. The van der Waals surface area contributed by atoms with E-state index in [-0.39, 0.29) is 16.5 Å². The molecule has 1 aliphatic heterocycles. The molecule has 0 saturated heterocycles. The second kappa shape index (κ2) is 5.58. The van der Waals surface area contributed by atoms with E-state index in [0.29, 0.717) is 13.0 Å². The topological polar surface area (TPSA) is 53.2 Å². The van der Waals surface area contributed by atoms with Gasteiger partial charge in [0.2, 0.25) is 10.0 Å². The van der Waals surface area contributed by atoms with Gasteiger partial charge in [0, 0.05) is 36.1 Å². The van der Waals surface area contributed by atoms with E-state index in [1.165, 1.54) is 22.5 Å². The van der Waals surface area contributed by atoms with Gasteiger partial charge in [-0.15, -0.1) is 0 Å². The summed E-state index contributed by atoms with van der Waals surface area (Å²) in [6.07, 6.45) is 0.561. The van der Waals surface area contributed by atoms with Crippen molar-refractivity contribution in [2.75, 3.05) is 6.54 Å². The molecule has 1 aliphatic rings. The van der Waals surface area contributed by atoms with Gasteiger partial charge in [0.25, 0.3) is 0 Å². The van der Waals surface area contributed by atoms with Crippen molar-refractivity contribution < 1.29 is 12.8 Å². The number of nitrogens with zero attached hydrogens (tertiary/aromatic N) is 1. The molecule has 0 amide bonds. The summed E-state index contributed by atoms with van der Waals surface area (Å²) in [5.74, 6) is -0.899. The van der Waals surface area contributed by atoms with Gasteiger partial charge in [0.05, 0.1) is 5.02 Å². The minimum absolute atomic E-state index is 0.194. The zero-order chi connectivity index (χ0) is 16.9. The lowest BCUT2D eigenvalue weighted by Gasteiger charge is -2.26. The summed E-state index contributed by atoms with van der Waals surface area (Å²) in [5.41, 5.74) is 2.97. The third-order valence-electron chi connectivity index (χ3n) is 4.38. The second-order valence-electron chi connectivity index (χ2n) is 5.77. The molecule has 4 nitrogen and oxygen atoms in total. The van der Waals surface area contributed by atoms with Crippen molar-refractivity contribution in [1.29, 1.82) is 0 Å². The molecule has 1 N–H and O–H groups in total. The van der Waals surface area contributed by atoms with E-state index < -0.39 is 15.8 Å². The molecule has 2 heterocycles. The van der Waals surface area contributed by atoms with Crippen molar-refractivity contribution >= 4 is 32.5 Å². The summed E-state index contributed by atoms with van der Waals surface area (Å²) in [4.78, 5) is 2.96. The Bertz CT molecular complexity index is 1050. The Balaban J connectivity index is 1.77. The Hall–Kier alpha value is -1.89. The molecule has 24 heavy (non-hydrogen) atoms. The SMILES string of the molecule is O=S(=O)(c1cccc(Cl)c1F)N1CCc2[nH]c3ccccc3c2C1. The van der Waals surface area contributed by atoms with Crippen molar-refractivity contribution in [3.05, 3.63) is 64.6 Å². The van der Waals surface area contributed by atoms with Gasteiger partial charge in [-0.1, -0.05) is 35.9 Å². The standard InChI is InChI=1S/C17H14ClFN2O2S/c18-13-5-3-7-16(17(13)19)24(22,23)21-9-8-15-12(10-21)11-4-1-2-6-14(11)20-15/h1-7,20H,8-10H2. The number of fused-ring (bicyclic) bond motifs is 3. The third-order valence-corrected chi connectivity index (χ3v) is 6.54. The monoisotopic (exact) mass is 364 g/mol. The number of aromatic amines is 1. The summed E-state index contributed by atoms with van der Waals surface area (Å²) >= 11 is 5.74. The zero-order valence-electron chi connectivity index (χ0n) is 12.6. The quantitative estimate of drug-likeness (QED) is 0.753. The molecule has 7 heteroatoms. The normalized spacial score (nSPS) is 15.6. The van der Waals surface area contributed by atoms with Crippen LogP contribution in [-0.4, -0.2) is 24.3 Å². The number of aromatic nitrogens is 1. The third kappa shape index (κ3) is 2.33. The van der Waals surface area contributed by atoms with Gasteiger partial charge in [-0.3, -0.25) is 0 Å². The fraction of sp³-hybridized carbons (Fsp3) is 0.176. The first-order valence-electron chi connectivity index (χ1n) is 7.51. The summed E-state index contributed by atoms with van der Waals surface area (Å²) in [6, 6.07) is 11.8. The van der Waals surface area contributed by atoms with Crippen LogP contribution in [0.25, 0.3) is 10.9 Å². The van der Waals surface area contributed by atoms with Crippen molar-refractivity contribution in [3.63, 3.8) is 0 Å². The number of nitrogens with one attached hydrogen (secondary N) is 1. The lowest BCUT2D eigenvalue weighted by Crippen LogP contribution is -2.36. The van der Waals surface area contributed by atoms with Gasteiger partial charge in [-0.05, 0) is 23.8 Å². The van der Waals surface area contributed by atoms with E-state index in [2.05, 4.69) is 4.98 Å². The fourth-order valence-electron chi connectivity index (χ4n) is 3.17. The second-order valence-corrected chi connectivity index (χ2v) is 8.08. The van der Waals surface area contributed by atoms with Gasteiger partial charge in [0.15, 0.2) is 5.82 Å². The van der Waals surface area contributed by atoms with E-state index >= 15 is 0 Å². The highest BCUT2D eigenvalue weighted by molar-refractivity contribution is 7.89. The van der Waals surface area contributed by atoms with Crippen molar-refractivity contribution in [1.82, 2.24) is 9.29 Å². The number of halogens is 2. The van der Waals surface area contributed by atoms with Gasteiger partial charge in [-0.2, -0.15) is 4.31 Å². The van der Waals surface area contributed by atoms with Crippen LogP contribution in [0.1, 0.15) is 11.3 Å². The van der Waals surface area contributed by atoms with Crippen molar-refractivity contribution in [3.8, 4) is 0 Å². The number of H-pyrrole nitrogens is 1. The molecule has 2 aromatic carbocycles. The number of benzene rings is 2. The first-order chi connectivity index (χ1) is 11.5. The summed E-state index contributed by atoms with van der Waals surface area (Å²) in [5, 5.41) is 0.805. The highest BCUT2D eigenvalue weighted by atomic mass is 35.5. The van der Waals surface area contributed by atoms with E-state index in [9.17, 15) is 12.8 Å². The molecule has 0 radical (unpaired) electrons. The Kier molecular flexibility index (Phi) is 3.63. The Morgan fingerprint density at radius 1 is 1.12 bits per heavy atom. The van der Waals surface area contributed by atoms with Gasteiger partial charge >= 0.3 is 0 Å². The van der Waals surface area contributed by atoms with Crippen LogP contribution < -0.4 is 0 Å². The van der Waals surface area contributed by atoms with Crippen LogP contribution in [0, 0.1) is 5.82 Å². The van der Waals surface area contributed by atoms with Crippen LogP contribution >= 0.6 is 11.6 Å². The van der Waals surface area contributed by atoms with Crippen LogP contribution in [0.5, 0.6) is 0 Å². The molecule has 0 atom stereocenters. The maximum absolute atomic E-state index is 14.2. The predicted molar refractivity (Wildman–Crippen MR) is 91.0 cm³/mol. The van der Waals surface area contributed by atoms with Gasteiger partial charge in [-0.25, -0.2) is 12.8 Å². The minimum atomic E-state index is -3.94. The van der Waals surface area contributed by atoms with E-state index in [4.69, 9.17) is 11.6 Å². The Morgan fingerprint density at radius 2 is 1.92 bits per heavy atom. The lowest BCUT2D eigenvalue weighted by atomic mass is 10.1. The average Bonchev–Trinajstić information content (AvgIpc) is 2.95. The molecule has 124 valence electrons. The zero-order valence-corrected chi connectivity index (χ0v) is 14.2. The first-order valence-corrected chi connectivity index (χ1v) is 9.33. The average molecular weight is 365 g/mol. The minimum Gasteiger partial charge on any atom is -0.358 e. The smallest absolute Gasteiger partial charge is 0.246 e. The van der Waals surface area contributed by atoms with Crippen LogP contribution in [0.4, 0.5) is 4.39 Å². The highest BCUT2D eigenvalue weighted by Gasteiger charge is 2.32. The molecule has 0 aliphatic carbocycles. The summed E-state index contributed by atoms with van der Waals surface area (Å²) in [7, 11) is -3.94. The largest absolute Gasteiger partial charge is 0.358 e. The van der Waals surface area contributed by atoms with Crippen LogP contribution in [-0.2, 0) is 23.0 Å². The Morgan fingerprint density at radius 3 is 2.75 bits per heavy atom. The number of para-hydroxylation sites is 1. The number of rotatable bonds is 2. The van der Waals surface area contributed by atoms with E-state index in [0.717, 1.165) is 22.2 Å². The van der Waals surface area contributed by atoms with E-state index in [1.807, 2.05) is 24.3 Å². The Labute approximate surface area is 143 Å². The van der Waals surface area contributed by atoms with Crippen molar-refractivity contribution in [2.45, 2.75) is 17.9 Å². The van der Waals surface area contributed by atoms with Crippen LogP contribution in [0.3, 0.4) is 0 Å². The molecule has 0 unspecified atom stereocenters. The first kappa shape index (κ1) is 15.6. The fourth-order valence-corrected chi connectivity index (χ4v) is 4.90. The molecular weight excluding hydrogens is 351 g/mol. The van der Waals surface area contributed by atoms with Gasteiger partial charge < -0.3 is 4.98 Å². The van der Waals surface area contributed by atoms with Crippen LogP contribution in [0.15, 0.2) is 47.4 Å². The molecule has 4 rings (SSSR count). The number of hydrogen-bond acceptors (Lipinski definition) is 2. The van der Waals surface area contributed by atoms with Crippen LogP contribution in [0.2, 0.25) is 5.02 Å².